The number of aliphatic hydroxyl groups is 1. The van der Waals surface area contributed by atoms with Gasteiger partial charge in [-0.3, -0.25) is 0 Å². The van der Waals surface area contributed by atoms with Gasteiger partial charge in [0.2, 0.25) is 5.60 Å². The molecule has 2 aromatic carbocycles. The number of quaternary nitrogens is 1. The quantitative estimate of drug-likeness (QED) is 0.613. The molecular weight excluding hydrogens is 385 g/mol. The molecule has 1 fully saturated rings. The van der Waals surface area contributed by atoms with Crippen LogP contribution in [-0.2, 0) is 15.1 Å². The zero-order chi connectivity index (χ0) is 19.7. The number of halogens is 2. The summed E-state index contributed by atoms with van der Waals surface area (Å²) in [5.41, 5.74) is -1.18. The maximum absolute atomic E-state index is 13.1. The number of nitrogens with zero attached hydrogens (tertiary/aromatic N) is 1. The van der Waals surface area contributed by atoms with Gasteiger partial charge in [-0.1, -0.05) is 59.6 Å². The van der Waals surface area contributed by atoms with Gasteiger partial charge in [0.1, 0.15) is 6.10 Å². The van der Waals surface area contributed by atoms with Gasteiger partial charge in [-0.2, -0.15) is 0 Å². The fraction of sp³-hybridized carbons (Fsp3) is 0.381. The number of likely N-dealkylation sites (tertiary alicyclic amines) is 1. The molecule has 0 bridgehead atoms. The third-order valence-corrected chi connectivity index (χ3v) is 5.95. The van der Waals surface area contributed by atoms with Gasteiger partial charge < -0.3 is 14.3 Å². The maximum atomic E-state index is 13.1. The summed E-state index contributed by atoms with van der Waals surface area (Å²) in [6.07, 6.45) is 1.33. The lowest BCUT2D eigenvalue weighted by atomic mass is 9.86. The minimum absolute atomic E-state index is 0.207. The molecule has 3 rings (SSSR count). The first-order chi connectivity index (χ1) is 12.7. The van der Waals surface area contributed by atoms with Crippen LogP contribution in [0.5, 0.6) is 0 Å². The predicted molar refractivity (Wildman–Crippen MR) is 107 cm³/mol. The van der Waals surface area contributed by atoms with Crippen molar-refractivity contribution in [2.45, 2.75) is 24.5 Å². The van der Waals surface area contributed by atoms with Gasteiger partial charge in [0.05, 0.1) is 37.2 Å². The van der Waals surface area contributed by atoms with Crippen LogP contribution in [0.2, 0.25) is 10.0 Å². The summed E-state index contributed by atoms with van der Waals surface area (Å²) < 4.78 is 6.66. The van der Waals surface area contributed by atoms with Gasteiger partial charge in [-0.15, -0.1) is 0 Å². The molecule has 0 aromatic heterocycles. The Kier molecular flexibility index (Phi) is 5.82. The lowest BCUT2D eigenvalue weighted by molar-refractivity contribution is -0.896. The lowest BCUT2D eigenvalue weighted by Gasteiger charge is -2.38. The molecule has 0 amide bonds. The number of hydrogen-bond acceptors (Lipinski definition) is 3. The summed E-state index contributed by atoms with van der Waals surface area (Å²) in [4.78, 5) is 13.1. The van der Waals surface area contributed by atoms with Crippen molar-refractivity contribution in [3.05, 3.63) is 69.7 Å². The fourth-order valence-corrected chi connectivity index (χ4v) is 3.70. The van der Waals surface area contributed by atoms with E-state index in [0.29, 0.717) is 16.1 Å². The van der Waals surface area contributed by atoms with Gasteiger partial charge in [-0.25, -0.2) is 4.79 Å². The molecule has 0 aliphatic carbocycles. The zero-order valence-electron chi connectivity index (χ0n) is 15.5. The zero-order valence-corrected chi connectivity index (χ0v) is 17.0. The molecule has 6 heteroatoms. The average Bonchev–Trinajstić information content (AvgIpc) is 2.65. The first kappa shape index (κ1) is 20.2. The highest BCUT2D eigenvalue weighted by atomic mass is 35.5. The number of piperidine rings is 1. The Morgan fingerprint density at radius 1 is 1.04 bits per heavy atom. The van der Waals surface area contributed by atoms with Gasteiger partial charge >= 0.3 is 5.97 Å². The van der Waals surface area contributed by atoms with E-state index >= 15 is 0 Å². The minimum Gasteiger partial charge on any atom is -0.459 e. The van der Waals surface area contributed by atoms with Crippen LogP contribution in [0.1, 0.15) is 24.0 Å². The molecule has 0 radical (unpaired) electrons. The van der Waals surface area contributed by atoms with Crippen molar-refractivity contribution in [3.63, 3.8) is 0 Å². The van der Waals surface area contributed by atoms with Crippen molar-refractivity contribution in [3.8, 4) is 0 Å². The second-order valence-corrected chi connectivity index (χ2v) is 8.51. The second kappa shape index (κ2) is 7.80. The molecule has 1 unspecified atom stereocenters. The highest BCUT2D eigenvalue weighted by Crippen LogP contribution is 2.35. The van der Waals surface area contributed by atoms with Crippen molar-refractivity contribution >= 4 is 29.2 Å². The third kappa shape index (κ3) is 4.30. The van der Waals surface area contributed by atoms with E-state index < -0.39 is 11.6 Å². The van der Waals surface area contributed by atoms with Crippen LogP contribution in [0.4, 0.5) is 0 Å². The van der Waals surface area contributed by atoms with E-state index in [-0.39, 0.29) is 11.1 Å². The normalized spacial score (nSPS) is 19.3. The summed E-state index contributed by atoms with van der Waals surface area (Å²) in [6.45, 7) is 1.85. The number of benzene rings is 2. The summed E-state index contributed by atoms with van der Waals surface area (Å²) in [5, 5.41) is 12.1. The third-order valence-electron chi connectivity index (χ3n) is 5.21. The number of carbonyl (C=O) groups excluding carboxylic acids is 1. The summed E-state index contributed by atoms with van der Waals surface area (Å²) >= 11 is 12.1. The molecule has 1 atom stereocenters. The number of rotatable bonds is 4. The summed E-state index contributed by atoms with van der Waals surface area (Å²) in [5.74, 6) is -0.690. The van der Waals surface area contributed by atoms with E-state index in [0.717, 1.165) is 30.4 Å². The first-order valence-corrected chi connectivity index (χ1v) is 9.74. The Labute approximate surface area is 169 Å². The molecule has 2 aromatic rings. The SMILES string of the molecule is C[N+]1(C)CCC(OC(=O)C(O)(c2ccccc2)c2ccc(Cl)c(Cl)c2)CC1. The molecule has 1 aliphatic rings. The van der Waals surface area contributed by atoms with Crippen LogP contribution >= 0.6 is 23.2 Å². The number of hydrogen-bond donors (Lipinski definition) is 1. The molecule has 4 nitrogen and oxygen atoms in total. The van der Waals surface area contributed by atoms with Crippen LogP contribution in [0.3, 0.4) is 0 Å². The first-order valence-electron chi connectivity index (χ1n) is 8.99. The smallest absolute Gasteiger partial charge is 0.347 e. The van der Waals surface area contributed by atoms with E-state index in [1.54, 1.807) is 36.4 Å². The summed E-state index contributed by atoms with van der Waals surface area (Å²) in [7, 11) is 4.32. The monoisotopic (exact) mass is 408 g/mol. The van der Waals surface area contributed by atoms with E-state index in [4.69, 9.17) is 27.9 Å². The lowest BCUT2D eigenvalue weighted by Crippen LogP contribution is -2.49. The highest BCUT2D eigenvalue weighted by molar-refractivity contribution is 6.42. The van der Waals surface area contributed by atoms with E-state index in [9.17, 15) is 9.90 Å². The van der Waals surface area contributed by atoms with Crippen molar-refractivity contribution in [1.29, 1.82) is 0 Å². The molecule has 1 aliphatic heterocycles. The standard InChI is InChI=1S/C21H24Cl2NO3/c1-24(2)12-10-17(11-13-24)27-20(25)21(26,15-6-4-3-5-7-15)16-8-9-18(22)19(23)14-16/h3-9,14,17,26H,10-13H2,1-2H3/q+1. The van der Waals surface area contributed by atoms with Crippen LogP contribution in [0.25, 0.3) is 0 Å². The molecular formula is C21H24Cl2NO3+. The molecule has 1 saturated heterocycles. The van der Waals surface area contributed by atoms with Gasteiger partial charge in [0, 0.05) is 18.4 Å². The highest BCUT2D eigenvalue weighted by Gasteiger charge is 2.43. The molecule has 1 N–H and O–H groups in total. The average molecular weight is 409 g/mol. The van der Waals surface area contributed by atoms with E-state index in [1.807, 2.05) is 6.07 Å². The summed E-state index contributed by atoms with van der Waals surface area (Å²) in [6, 6.07) is 13.4. The molecule has 0 saturated carbocycles. The molecule has 1 heterocycles. The van der Waals surface area contributed by atoms with Crippen molar-refractivity contribution in [2.75, 3.05) is 27.2 Å². The largest absolute Gasteiger partial charge is 0.459 e. The Morgan fingerprint density at radius 2 is 1.67 bits per heavy atom. The van der Waals surface area contributed by atoms with Gasteiger partial charge in [0.25, 0.3) is 0 Å². The second-order valence-electron chi connectivity index (χ2n) is 7.69. The van der Waals surface area contributed by atoms with Crippen molar-refractivity contribution < 1.29 is 19.1 Å². The number of ether oxygens (including phenoxy) is 1. The van der Waals surface area contributed by atoms with Crippen molar-refractivity contribution in [1.82, 2.24) is 0 Å². The topological polar surface area (TPSA) is 46.5 Å². The molecule has 0 spiro atoms. The Morgan fingerprint density at radius 3 is 2.26 bits per heavy atom. The van der Waals surface area contributed by atoms with Crippen LogP contribution < -0.4 is 0 Å². The van der Waals surface area contributed by atoms with Crippen molar-refractivity contribution in [2.24, 2.45) is 0 Å². The number of carbonyl (C=O) groups is 1. The predicted octanol–water partition coefficient (Wildman–Crippen LogP) is 4.01. The van der Waals surface area contributed by atoms with E-state index in [2.05, 4.69) is 14.1 Å². The van der Waals surface area contributed by atoms with Crippen LogP contribution in [-0.4, -0.2) is 48.8 Å². The van der Waals surface area contributed by atoms with Crippen LogP contribution in [0.15, 0.2) is 48.5 Å². The Balaban J connectivity index is 1.93. The molecule has 144 valence electrons. The van der Waals surface area contributed by atoms with E-state index in [1.165, 1.54) is 6.07 Å². The maximum Gasteiger partial charge on any atom is 0.347 e. The number of esters is 1. The van der Waals surface area contributed by atoms with Gasteiger partial charge in [0.15, 0.2) is 0 Å². The minimum atomic E-state index is -1.95. The van der Waals surface area contributed by atoms with Gasteiger partial charge in [-0.05, 0) is 17.7 Å². The Bertz CT molecular complexity index is 815. The molecule has 27 heavy (non-hydrogen) atoms. The Hall–Kier alpha value is -1.59. The van der Waals surface area contributed by atoms with Crippen LogP contribution in [0, 0.1) is 0 Å². The fourth-order valence-electron chi connectivity index (χ4n) is 3.40.